The Morgan fingerprint density at radius 3 is 2.47 bits per heavy atom. The molecule has 0 amide bonds. The zero-order valence-corrected chi connectivity index (χ0v) is 20.8. The van der Waals surface area contributed by atoms with Crippen molar-refractivity contribution in [3.63, 3.8) is 0 Å². The smallest absolute Gasteiger partial charge is 0.317 e. The molecule has 2 unspecified atom stereocenters. The van der Waals surface area contributed by atoms with Gasteiger partial charge in [0.15, 0.2) is 0 Å². The summed E-state index contributed by atoms with van der Waals surface area (Å²) in [6.07, 6.45) is 10.9. The summed E-state index contributed by atoms with van der Waals surface area (Å²) in [5.74, 6) is 1.88. The Hall–Kier alpha value is -2.18. The number of rotatable bonds is 10. The molecule has 0 bridgehead atoms. The molecule has 4 rings (SSSR count). The third-order valence-corrected chi connectivity index (χ3v) is 7.50. The highest BCUT2D eigenvalue weighted by atomic mass is 16.5. The van der Waals surface area contributed by atoms with Crippen molar-refractivity contribution >= 4 is 5.97 Å². The summed E-state index contributed by atoms with van der Waals surface area (Å²) in [7, 11) is 0. The number of oxazole rings is 1. The van der Waals surface area contributed by atoms with Gasteiger partial charge in [0.25, 0.3) is 0 Å². The van der Waals surface area contributed by atoms with E-state index in [0.29, 0.717) is 24.3 Å². The predicted molar refractivity (Wildman–Crippen MR) is 133 cm³/mol. The largest absolute Gasteiger partial charge is 0.480 e. The maximum absolute atomic E-state index is 11.5. The van der Waals surface area contributed by atoms with Crippen LogP contribution in [0.2, 0.25) is 0 Å². The van der Waals surface area contributed by atoms with Crippen molar-refractivity contribution in [3.8, 4) is 11.5 Å². The van der Waals surface area contributed by atoms with Crippen LogP contribution in [0.4, 0.5) is 0 Å². The average Bonchev–Trinajstić information content (AvgIpc) is 3.19. The van der Waals surface area contributed by atoms with Crippen LogP contribution < -0.4 is 0 Å². The fourth-order valence-corrected chi connectivity index (χ4v) is 5.63. The Bertz CT molecular complexity index is 917. The minimum absolute atomic E-state index is 0.151. The lowest BCUT2D eigenvalue weighted by molar-refractivity contribution is -0.138. The lowest BCUT2D eigenvalue weighted by Gasteiger charge is -2.35. The first kappa shape index (κ1) is 24.9. The van der Waals surface area contributed by atoms with Gasteiger partial charge in [0.1, 0.15) is 11.5 Å². The molecular weight excluding hydrogens is 428 g/mol. The average molecular weight is 469 g/mol. The standard InChI is InChI=1S/C28H40N2O4/c1-20-11-13-24(14-12-20)28-29-26(21(2)34-28)19-33-25-10-6-9-23(15-25)17-30(18-27(31)32)16-22-7-4-3-5-8-22/h11-14,22-23,25H,3-10,15-19H2,1-2H3,(H,31,32). The summed E-state index contributed by atoms with van der Waals surface area (Å²) in [6, 6.07) is 8.20. The second-order valence-electron chi connectivity index (χ2n) is 10.4. The van der Waals surface area contributed by atoms with Crippen LogP contribution in [0.25, 0.3) is 11.5 Å². The van der Waals surface area contributed by atoms with E-state index in [4.69, 9.17) is 14.1 Å². The van der Waals surface area contributed by atoms with Crippen LogP contribution in [0.15, 0.2) is 28.7 Å². The highest BCUT2D eigenvalue weighted by Gasteiger charge is 2.27. The van der Waals surface area contributed by atoms with Gasteiger partial charge in [-0.3, -0.25) is 9.69 Å². The molecule has 0 spiro atoms. The van der Waals surface area contributed by atoms with E-state index < -0.39 is 5.97 Å². The van der Waals surface area contributed by atoms with Gasteiger partial charge in [-0.15, -0.1) is 0 Å². The van der Waals surface area contributed by atoms with Crippen LogP contribution in [0.3, 0.4) is 0 Å². The number of carboxylic acid groups (broad SMARTS) is 1. The van der Waals surface area contributed by atoms with E-state index in [2.05, 4.69) is 24.0 Å². The molecule has 6 heteroatoms. The number of nitrogens with zero attached hydrogens (tertiary/aromatic N) is 2. The van der Waals surface area contributed by atoms with E-state index in [1.807, 2.05) is 19.1 Å². The maximum atomic E-state index is 11.5. The molecule has 2 aliphatic rings. The van der Waals surface area contributed by atoms with Crippen molar-refractivity contribution in [2.24, 2.45) is 11.8 Å². The number of carbonyl (C=O) groups is 1. The quantitative estimate of drug-likeness (QED) is 0.461. The summed E-state index contributed by atoms with van der Waals surface area (Å²) >= 11 is 0. The van der Waals surface area contributed by atoms with E-state index in [1.54, 1.807) is 0 Å². The first-order valence-electron chi connectivity index (χ1n) is 13.1. The van der Waals surface area contributed by atoms with Crippen LogP contribution >= 0.6 is 0 Å². The molecule has 1 aromatic carbocycles. The van der Waals surface area contributed by atoms with Crippen LogP contribution in [0.1, 0.15) is 74.8 Å². The predicted octanol–water partition coefficient (Wildman–Crippen LogP) is 6.00. The fraction of sp³-hybridized carbons (Fsp3) is 0.643. The van der Waals surface area contributed by atoms with Gasteiger partial charge in [-0.1, -0.05) is 43.4 Å². The molecule has 2 aromatic rings. The zero-order chi connectivity index (χ0) is 23.9. The van der Waals surface area contributed by atoms with Crippen molar-refractivity contribution in [2.75, 3.05) is 19.6 Å². The first-order valence-corrected chi connectivity index (χ1v) is 13.1. The number of benzene rings is 1. The van der Waals surface area contributed by atoms with Gasteiger partial charge in [0.05, 0.1) is 19.3 Å². The normalized spacial score (nSPS) is 21.7. The van der Waals surface area contributed by atoms with Crippen molar-refractivity contribution in [2.45, 2.75) is 84.3 Å². The van der Waals surface area contributed by atoms with E-state index in [0.717, 1.165) is 55.8 Å². The monoisotopic (exact) mass is 468 g/mol. The minimum atomic E-state index is -0.717. The van der Waals surface area contributed by atoms with Crippen molar-refractivity contribution in [3.05, 3.63) is 41.3 Å². The molecule has 2 aliphatic carbocycles. The Labute approximate surface area is 203 Å². The summed E-state index contributed by atoms with van der Waals surface area (Å²) in [5.41, 5.74) is 3.06. The lowest BCUT2D eigenvalue weighted by Crippen LogP contribution is -2.40. The molecule has 186 valence electrons. The van der Waals surface area contributed by atoms with Gasteiger partial charge >= 0.3 is 5.97 Å². The molecular formula is C28H40N2O4. The fourth-order valence-electron chi connectivity index (χ4n) is 5.63. The number of hydrogen-bond acceptors (Lipinski definition) is 5. The number of hydrogen-bond donors (Lipinski definition) is 1. The molecule has 2 fully saturated rings. The molecule has 1 heterocycles. The van der Waals surface area contributed by atoms with E-state index >= 15 is 0 Å². The number of carboxylic acids is 1. The third-order valence-electron chi connectivity index (χ3n) is 7.50. The van der Waals surface area contributed by atoms with Crippen molar-refractivity contribution in [1.82, 2.24) is 9.88 Å². The molecule has 2 atom stereocenters. The highest BCUT2D eigenvalue weighted by molar-refractivity contribution is 5.69. The minimum Gasteiger partial charge on any atom is -0.480 e. The topological polar surface area (TPSA) is 75.8 Å². The molecule has 1 aromatic heterocycles. The molecule has 1 N–H and O–H groups in total. The second-order valence-corrected chi connectivity index (χ2v) is 10.4. The number of aromatic nitrogens is 1. The number of aliphatic carboxylic acids is 1. The van der Waals surface area contributed by atoms with Crippen molar-refractivity contribution < 1.29 is 19.1 Å². The molecule has 0 radical (unpaired) electrons. The van der Waals surface area contributed by atoms with Crippen LogP contribution in [-0.2, 0) is 16.1 Å². The van der Waals surface area contributed by atoms with Gasteiger partial charge in [-0.05, 0) is 69.9 Å². The van der Waals surface area contributed by atoms with Crippen LogP contribution in [0.5, 0.6) is 0 Å². The first-order chi connectivity index (χ1) is 16.5. The molecule has 2 saturated carbocycles. The Balaban J connectivity index is 1.30. The number of ether oxygens (including phenoxy) is 1. The Kier molecular flexibility index (Phi) is 8.79. The van der Waals surface area contributed by atoms with Gasteiger partial charge in [0.2, 0.25) is 5.89 Å². The summed E-state index contributed by atoms with van der Waals surface area (Å²) in [4.78, 5) is 18.4. The molecule has 34 heavy (non-hydrogen) atoms. The molecule has 0 aliphatic heterocycles. The second kappa shape index (κ2) is 12.0. The SMILES string of the molecule is Cc1ccc(-c2nc(COC3CCCC(CN(CC(=O)O)CC4CCCCC4)C3)c(C)o2)cc1. The lowest BCUT2D eigenvalue weighted by atomic mass is 9.85. The Morgan fingerprint density at radius 1 is 1.03 bits per heavy atom. The van der Waals surface area contributed by atoms with Gasteiger partial charge in [-0.2, -0.15) is 0 Å². The maximum Gasteiger partial charge on any atom is 0.317 e. The van der Waals surface area contributed by atoms with Gasteiger partial charge < -0.3 is 14.3 Å². The molecule has 6 nitrogen and oxygen atoms in total. The Morgan fingerprint density at radius 2 is 1.74 bits per heavy atom. The number of aryl methyl sites for hydroxylation is 2. The highest BCUT2D eigenvalue weighted by Crippen LogP contribution is 2.30. The van der Waals surface area contributed by atoms with E-state index in [-0.39, 0.29) is 12.6 Å². The van der Waals surface area contributed by atoms with E-state index in [9.17, 15) is 9.90 Å². The third kappa shape index (κ3) is 7.16. The van der Waals surface area contributed by atoms with Crippen LogP contribution in [-0.4, -0.2) is 46.7 Å². The van der Waals surface area contributed by atoms with Crippen LogP contribution in [0, 0.1) is 25.7 Å². The van der Waals surface area contributed by atoms with E-state index in [1.165, 1.54) is 37.7 Å². The summed E-state index contributed by atoms with van der Waals surface area (Å²) < 4.78 is 12.2. The summed E-state index contributed by atoms with van der Waals surface area (Å²) in [6.45, 7) is 6.41. The summed E-state index contributed by atoms with van der Waals surface area (Å²) in [5, 5.41) is 9.45. The van der Waals surface area contributed by atoms with Gasteiger partial charge in [-0.25, -0.2) is 4.98 Å². The van der Waals surface area contributed by atoms with Crippen molar-refractivity contribution in [1.29, 1.82) is 0 Å². The molecule has 0 saturated heterocycles. The van der Waals surface area contributed by atoms with Gasteiger partial charge in [0, 0.05) is 18.7 Å². The zero-order valence-electron chi connectivity index (χ0n) is 20.8.